The first-order chi connectivity index (χ1) is 9.65. The summed E-state index contributed by atoms with van der Waals surface area (Å²) in [5, 5.41) is 3.25. The minimum atomic E-state index is -0.0984. The van der Waals surface area contributed by atoms with Gasteiger partial charge in [0, 0.05) is 30.9 Å². The standard InChI is InChI=1S/C17H27FN2/c1-4-19-12-14-15(18)9-7-11-17(14)20(3)16-10-6-5-8-13(16)2/h7,9,11,13,16,19H,4-6,8,10,12H2,1-3H3. The molecule has 0 saturated heterocycles. The summed E-state index contributed by atoms with van der Waals surface area (Å²) in [5.41, 5.74) is 1.85. The molecule has 1 fully saturated rings. The lowest BCUT2D eigenvalue weighted by atomic mass is 9.84. The van der Waals surface area contributed by atoms with Crippen LogP contribution in [0.3, 0.4) is 0 Å². The Morgan fingerprint density at radius 1 is 1.30 bits per heavy atom. The van der Waals surface area contributed by atoms with Crippen LogP contribution in [-0.2, 0) is 6.54 Å². The summed E-state index contributed by atoms with van der Waals surface area (Å²) in [4.78, 5) is 2.31. The first-order valence-electron chi connectivity index (χ1n) is 7.86. The van der Waals surface area contributed by atoms with E-state index in [0.29, 0.717) is 18.5 Å². The molecule has 3 heteroatoms. The zero-order chi connectivity index (χ0) is 14.5. The fraction of sp³-hybridized carbons (Fsp3) is 0.647. The third-order valence-electron chi connectivity index (χ3n) is 4.59. The van der Waals surface area contributed by atoms with E-state index >= 15 is 0 Å². The molecule has 1 aromatic rings. The molecule has 1 aromatic carbocycles. The molecule has 0 amide bonds. The van der Waals surface area contributed by atoms with Gasteiger partial charge in [0.15, 0.2) is 0 Å². The molecule has 2 nitrogen and oxygen atoms in total. The second-order valence-corrected chi connectivity index (χ2v) is 5.96. The molecular weight excluding hydrogens is 251 g/mol. The third kappa shape index (κ3) is 3.32. The van der Waals surface area contributed by atoms with E-state index < -0.39 is 0 Å². The average Bonchev–Trinajstić information content (AvgIpc) is 2.45. The number of benzene rings is 1. The first-order valence-corrected chi connectivity index (χ1v) is 7.86. The van der Waals surface area contributed by atoms with Crippen LogP contribution < -0.4 is 10.2 Å². The predicted octanol–water partition coefficient (Wildman–Crippen LogP) is 3.95. The Hall–Kier alpha value is -1.09. The van der Waals surface area contributed by atoms with E-state index in [2.05, 4.69) is 30.3 Å². The lowest BCUT2D eigenvalue weighted by Gasteiger charge is -2.38. The summed E-state index contributed by atoms with van der Waals surface area (Å²) >= 11 is 0. The van der Waals surface area contributed by atoms with E-state index in [1.54, 1.807) is 6.07 Å². The van der Waals surface area contributed by atoms with E-state index in [0.717, 1.165) is 17.8 Å². The quantitative estimate of drug-likeness (QED) is 0.877. The molecule has 1 N–H and O–H groups in total. The number of anilines is 1. The van der Waals surface area contributed by atoms with Crippen LogP contribution in [0.2, 0.25) is 0 Å². The molecule has 0 aliphatic heterocycles. The van der Waals surface area contributed by atoms with Gasteiger partial charge in [0.2, 0.25) is 0 Å². The first kappa shape index (κ1) is 15.3. The normalized spacial score (nSPS) is 22.8. The van der Waals surface area contributed by atoms with Gasteiger partial charge in [-0.2, -0.15) is 0 Å². The summed E-state index contributed by atoms with van der Waals surface area (Å²) < 4.78 is 14.1. The van der Waals surface area contributed by atoms with Gasteiger partial charge in [-0.05, 0) is 37.4 Å². The van der Waals surface area contributed by atoms with Gasteiger partial charge in [-0.1, -0.05) is 32.8 Å². The molecule has 0 aromatic heterocycles. The van der Waals surface area contributed by atoms with Crippen molar-refractivity contribution >= 4 is 5.69 Å². The lowest BCUT2D eigenvalue weighted by molar-refractivity contribution is 0.321. The second kappa shape index (κ2) is 7.07. The fourth-order valence-electron chi connectivity index (χ4n) is 3.35. The molecule has 2 unspecified atom stereocenters. The second-order valence-electron chi connectivity index (χ2n) is 5.96. The molecule has 0 bridgehead atoms. The van der Waals surface area contributed by atoms with Gasteiger partial charge in [0.05, 0.1) is 0 Å². The topological polar surface area (TPSA) is 15.3 Å². The Morgan fingerprint density at radius 2 is 2.05 bits per heavy atom. The zero-order valence-electron chi connectivity index (χ0n) is 13.0. The van der Waals surface area contributed by atoms with Crippen molar-refractivity contribution in [3.63, 3.8) is 0 Å². The third-order valence-corrected chi connectivity index (χ3v) is 4.59. The SMILES string of the molecule is CCNCc1c(F)cccc1N(C)C1CCCCC1C. The predicted molar refractivity (Wildman–Crippen MR) is 83.6 cm³/mol. The van der Waals surface area contributed by atoms with Crippen molar-refractivity contribution in [1.82, 2.24) is 5.32 Å². The molecule has 20 heavy (non-hydrogen) atoms. The molecular formula is C17H27FN2. The molecule has 1 aliphatic rings. The number of rotatable bonds is 5. The molecule has 0 heterocycles. The highest BCUT2D eigenvalue weighted by atomic mass is 19.1. The Labute approximate surface area is 122 Å². The number of nitrogens with zero attached hydrogens (tertiary/aromatic N) is 1. The minimum Gasteiger partial charge on any atom is -0.371 e. The van der Waals surface area contributed by atoms with Gasteiger partial charge < -0.3 is 10.2 Å². The number of hydrogen-bond donors (Lipinski definition) is 1. The van der Waals surface area contributed by atoms with Crippen molar-refractivity contribution in [3.8, 4) is 0 Å². The van der Waals surface area contributed by atoms with Crippen LogP contribution in [0.5, 0.6) is 0 Å². The van der Waals surface area contributed by atoms with Crippen LogP contribution in [0, 0.1) is 11.7 Å². The van der Waals surface area contributed by atoms with Gasteiger partial charge in [0.25, 0.3) is 0 Å². The highest BCUT2D eigenvalue weighted by Gasteiger charge is 2.26. The van der Waals surface area contributed by atoms with Crippen LogP contribution in [0.4, 0.5) is 10.1 Å². The summed E-state index contributed by atoms with van der Waals surface area (Å²) in [7, 11) is 2.12. The smallest absolute Gasteiger partial charge is 0.129 e. The van der Waals surface area contributed by atoms with Gasteiger partial charge in [-0.3, -0.25) is 0 Å². The minimum absolute atomic E-state index is 0.0984. The van der Waals surface area contributed by atoms with Crippen molar-refractivity contribution in [2.24, 2.45) is 5.92 Å². The van der Waals surface area contributed by atoms with Crippen molar-refractivity contribution in [2.45, 2.75) is 52.1 Å². The van der Waals surface area contributed by atoms with Crippen LogP contribution in [0.25, 0.3) is 0 Å². The maximum atomic E-state index is 14.1. The number of halogens is 1. The Morgan fingerprint density at radius 3 is 2.75 bits per heavy atom. The summed E-state index contributed by atoms with van der Waals surface area (Å²) in [6, 6.07) is 5.97. The van der Waals surface area contributed by atoms with Gasteiger partial charge in [0.1, 0.15) is 5.82 Å². The van der Waals surface area contributed by atoms with Crippen molar-refractivity contribution in [3.05, 3.63) is 29.6 Å². The Kier molecular flexibility index (Phi) is 5.41. The van der Waals surface area contributed by atoms with E-state index in [-0.39, 0.29) is 5.82 Å². The molecule has 2 atom stereocenters. The summed E-state index contributed by atoms with van der Waals surface area (Å²) in [5.74, 6) is 0.586. The highest BCUT2D eigenvalue weighted by molar-refractivity contribution is 5.54. The van der Waals surface area contributed by atoms with Crippen LogP contribution >= 0.6 is 0 Å². The van der Waals surface area contributed by atoms with E-state index in [4.69, 9.17) is 0 Å². The molecule has 0 radical (unpaired) electrons. The maximum Gasteiger partial charge on any atom is 0.129 e. The monoisotopic (exact) mass is 278 g/mol. The van der Waals surface area contributed by atoms with Crippen molar-refractivity contribution in [2.75, 3.05) is 18.5 Å². The number of hydrogen-bond acceptors (Lipinski definition) is 2. The van der Waals surface area contributed by atoms with Gasteiger partial charge >= 0.3 is 0 Å². The fourth-order valence-corrected chi connectivity index (χ4v) is 3.35. The van der Waals surface area contributed by atoms with Gasteiger partial charge in [-0.15, -0.1) is 0 Å². The molecule has 0 spiro atoms. The van der Waals surface area contributed by atoms with E-state index in [9.17, 15) is 4.39 Å². The molecule has 112 valence electrons. The summed E-state index contributed by atoms with van der Waals surface area (Å²) in [6.07, 6.45) is 5.12. The van der Waals surface area contributed by atoms with E-state index in [1.165, 1.54) is 25.7 Å². The van der Waals surface area contributed by atoms with E-state index in [1.807, 2.05) is 13.0 Å². The van der Waals surface area contributed by atoms with Crippen molar-refractivity contribution < 1.29 is 4.39 Å². The highest BCUT2D eigenvalue weighted by Crippen LogP contribution is 2.32. The van der Waals surface area contributed by atoms with Crippen LogP contribution in [-0.4, -0.2) is 19.6 Å². The Bertz CT molecular complexity index is 433. The van der Waals surface area contributed by atoms with Gasteiger partial charge in [-0.25, -0.2) is 4.39 Å². The zero-order valence-corrected chi connectivity index (χ0v) is 13.0. The van der Waals surface area contributed by atoms with Crippen LogP contribution in [0.1, 0.15) is 45.1 Å². The Balaban J connectivity index is 2.23. The largest absolute Gasteiger partial charge is 0.371 e. The lowest BCUT2D eigenvalue weighted by Crippen LogP contribution is -2.39. The molecule has 1 aliphatic carbocycles. The summed E-state index contributed by atoms with van der Waals surface area (Å²) in [6.45, 7) is 5.83. The maximum absolute atomic E-state index is 14.1. The van der Waals surface area contributed by atoms with Crippen molar-refractivity contribution in [1.29, 1.82) is 0 Å². The average molecular weight is 278 g/mol. The molecule has 2 rings (SSSR count). The van der Waals surface area contributed by atoms with Crippen LogP contribution in [0.15, 0.2) is 18.2 Å². The number of nitrogens with one attached hydrogen (secondary N) is 1. The molecule has 1 saturated carbocycles.